The molecule has 0 saturated carbocycles. The lowest BCUT2D eigenvalue weighted by molar-refractivity contribution is 0.0600. The number of hydrogen-bond acceptors (Lipinski definition) is 7. The van der Waals surface area contributed by atoms with Crippen molar-refractivity contribution in [3.8, 4) is 21.9 Å². The van der Waals surface area contributed by atoms with Crippen molar-refractivity contribution in [3.63, 3.8) is 0 Å². The van der Waals surface area contributed by atoms with Gasteiger partial charge in [-0.1, -0.05) is 18.6 Å². The van der Waals surface area contributed by atoms with Crippen LogP contribution in [0.1, 0.15) is 45.5 Å². The molecule has 0 amide bonds. The van der Waals surface area contributed by atoms with Crippen LogP contribution >= 0.6 is 11.3 Å². The highest BCUT2D eigenvalue weighted by Gasteiger charge is 2.22. The van der Waals surface area contributed by atoms with Crippen molar-refractivity contribution < 1.29 is 24.2 Å². The molecular formula is C30H29NO5S. The van der Waals surface area contributed by atoms with Gasteiger partial charge in [-0.3, -0.25) is 9.69 Å². The lowest BCUT2D eigenvalue weighted by Gasteiger charge is -2.26. The molecule has 37 heavy (non-hydrogen) atoms. The van der Waals surface area contributed by atoms with Gasteiger partial charge < -0.3 is 14.6 Å². The molecule has 7 heteroatoms. The fourth-order valence-electron chi connectivity index (χ4n) is 4.71. The van der Waals surface area contributed by atoms with Crippen LogP contribution in [0.5, 0.6) is 11.5 Å². The van der Waals surface area contributed by atoms with Gasteiger partial charge in [0, 0.05) is 32.6 Å². The molecule has 1 aliphatic heterocycles. The Morgan fingerprint density at radius 2 is 1.62 bits per heavy atom. The second kappa shape index (κ2) is 11.2. The Hall–Kier alpha value is -3.68. The van der Waals surface area contributed by atoms with Crippen LogP contribution in [0, 0.1) is 0 Å². The number of fused-ring (bicyclic) bond motifs is 1. The third-order valence-corrected chi connectivity index (χ3v) is 7.91. The molecule has 0 spiro atoms. The van der Waals surface area contributed by atoms with Crippen LogP contribution < -0.4 is 4.74 Å². The maximum absolute atomic E-state index is 13.8. The van der Waals surface area contributed by atoms with Crippen molar-refractivity contribution in [3.05, 3.63) is 83.4 Å². The molecule has 0 bridgehead atoms. The number of ether oxygens (including phenoxy) is 2. The first-order valence-corrected chi connectivity index (χ1v) is 13.3. The van der Waals surface area contributed by atoms with Crippen LogP contribution in [0.2, 0.25) is 0 Å². The minimum atomic E-state index is -0.414. The van der Waals surface area contributed by atoms with E-state index < -0.39 is 5.97 Å². The number of phenolic OH excluding ortho intramolecular Hbond substituents is 1. The molecule has 1 saturated heterocycles. The van der Waals surface area contributed by atoms with Gasteiger partial charge in [0.25, 0.3) is 0 Å². The Morgan fingerprint density at radius 3 is 2.32 bits per heavy atom. The summed E-state index contributed by atoms with van der Waals surface area (Å²) in [7, 11) is 1.34. The molecule has 0 aliphatic carbocycles. The number of rotatable bonds is 8. The van der Waals surface area contributed by atoms with E-state index in [-0.39, 0.29) is 11.5 Å². The van der Waals surface area contributed by atoms with Crippen LogP contribution in [-0.2, 0) is 4.74 Å². The lowest BCUT2D eigenvalue weighted by atomic mass is 9.97. The zero-order valence-corrected chi connectivity index (χ0v) is 21.6. The van der Waals surface area contributed by atoms with Gasteiger partial charge in [0.15, 0.2) is 5.78 Å². The number of piperidine rings is 1. The largest absolute Gasteiger partial charge is 0.508 e. The SMILES string of the molecule is COC(=O)c1ccc(-c2sc3cc(O)ccc3c2C(=O)c2ccc(OCCN3CCCCC3)cc2)cc1. The van der Waals surface area contributed by atoms with Crippen LogP contribution in [0.4, 0.5) is 0 Å². The fraction of sp³-hybridized carbons (Fsp3) is 0.267. The number of carbonyl (C=O) groups excluding carboxylic acids is 2. The standard InChI is InChI=1S/C30H29NO5S/c1-35-30(34)22-7-5-21(6-8-22)29-27(25-14-11-23(32)19-26(25)37-29)28(33)20-9-12-24(13-10-20)36-18-17-31-15-3-2-4-16-31/h5-14,19,32H,2-4,15-18H2,1H3. The Morgan fingerprint density at radius 1 is 0.919 bits per heavy atom. The highest BCUT2D eigenvalue weighted by molar-refractivity contribution is 7.22. The Bertz CT molecular complexity index is 1400. The number of esters is 1. The highest BCUT2D eigenvalue weighted by Crippen LogP contribution is 2.41. The number of ketones is 1. The second-order valence-corrected chi connectivity index (χ2v) is 10.2. The molecule has 2 heterocycles. The Labute approximate surface area is 220 Å². The van der Waals surface area contributed by atoms with E-state index in [0.29, 0.717) is 23.3 Å². The van der Waals surface area contributed by atoms with Gasteiger partial charge in [-0.2, -0.15) is 0 Å². The van der Waals surface area contributed by atoms with Crippen molar-refractivity contribution in [2.45, 2.75) is 19.3 Å². The molecule has 1 aromatic heterocycles. The highest BCUT2D eigenvalue weighted by atomic mass is 32.1. The monoisotopic (exact) mass is 515 g/mol. The van der Waals surface area contributed by atoms with E-state index in [4.69, 9.17) is 9.47 Å². The summed E-state index contributed by atoms with van der Waals surface area (Å²) in [6.45, 7) is 3.80. The predicted octanol–water partition coefficient (Wildman–Crippen LogP) is 6.16. The number of thiophene rings is 1. The number of phenols is 1. The Balaban J connectivity index is 1.40. The van der Waals surface area contributed by atoms with Gasteiger partial charge >= 0.3 is 5.97 Å². The van der Waals surface area contributed by atoms with E-state index >= 15 is 0 Å². The molecule has 0 unspecified atom stereocenters. The van der Waals surface area contributed by atoms with Crippen molar-refractivity contribution in [1.82, 2.24) is 4.90 Å². The molecule has 1 N–H and O–H groups in total. The normalized spacial score (nSPS) is 14.0. The van der Waals surface area contributed by atoms with E-state index in [9.17, 15) is 14.7 Å². The summed E-state index contributed by atoms with van der Waals surface area (Å²) < 4.78 is 11.5. The smallest absolute Gasteiger partial charge is 0.337 e. The quantitative estimate of drug-likeness (QED) is 0.224. The van der Waals surface area contributed by atoms with Gasteiger partial charge in [-0.05, 0) is 86.1 Å². The van der Waals surface area contributed by atoms with Crippen molar-refractivity contribution >= 4 is 33.2 Å². The number of aromatic hydroxyl groups is 1. The number of carbonyl (C=O) groups is 2. The van der Waals surface area contributed by atoms with Crippen LogP contribution in [0.3, 0.4) is 0 Å². The van der Waals surface area contributed by atoms with Crippen LogP contribution in [-0.4, -0.2) is 55.1 Å². The minimum absolute atomic E-state index is 0.108. The zero-order valence-electron chi connectivity index (χ0n) is 20.7. The minimum Gasteiger partial charge on any atom is -0.508 e. The number of methoxy groups -OCH3 is 1. The first-order chi connectivity index (χ1) is 18.0. The van der Waals surface area contributed by atoms with E-state index in [1.54, 1.807) is 42.5 Å². The molecular weight excluding hydrogens is 486 g/mol. The molecule has 5 rings (SSSR count). The number of likely N-dealkylation sites (tertiary alicyclic amines) is 1. The first kappa shape index (κ1) is 25.0. The summed E-state index contributed by atoms with van der Waals surface area (Å²) in [6.07, 6.45) is 3.82. The summed E-state index contributed by atoms with van der Waals surface area (Å²) in [5, 5.41) is 10.8. The second-order valence-electron chi connectivity index (χ2n) is 9.16. The Kier molecular flexibility index (Phi) is 7.53. The molecule has 0 radical (unpaired) electrons. The summed E-state index contributed by atoms with van der Waals surface area (Å²) in [4.78, 5) is 28.8. The van der Waals surface area contributed by atoms with Crippen molar-refractivity contribution in [2.24, 2.45) is 0 Å². The van der Waals surface area contributed by atoms with Gasteiger partial charge in [0.1, 0.15) is 18.1 Å². The van der Waals surface area contributed by atoms with Gasteiger partial charge in [-0.15, -0.1) is 11.3 Å². The maximum Gasteiger partial charge on any atom is 0.337 e. The predicted molar refractivity (Wildman–Crippen MR) is 146 cm³/mol. The van der Waals surface area contributed by atoms with Crippen LogP contribution in [0.25, 0.3) is 20.5 Å². The molecule has 4 aromatic rings. The van der Waals surface area contributed by atoms with E-state index in [1.165, 1.54) is 37.7 Å². The fourth-order valence-corrected chi connectivity index (χ4v) is 5.95. The molecule has 3 aromatic carbocycles. The molecule has 0 atom stereocenters. The topological polar surface area (TPSA) is 76.1 Å². The first-order valence-electron chi connectivity index (χ1n) is 12.5. The van der Waals surface area contributed by atoms with E-state index in [1.807, 2.05) is 24.3 Å². The van der Waals surface area contributed by atoms with E-state index in [2.05, 4.69) is 4.90 Å². The number of hydrogen-bond donors (Lipinski definition) is 1. The van der Waals surface area contributed by atoms with Crippen molar-refractivity contribution in [2.75, 3.05) is 33.4 Å². The summed E-state index contributed by atoms with van der Waals surface area (Å²) in [5.74, 6) is 0.366. The van der Waals surface area contributed by atoms with Crippen molar-refractivity contribution in [1.29, 1.82) is 0 Å². The average Bonchev–Trinajstić information content (AvgIpc) is 3.31. The third-order valence-electron chi connectivity index (χ3n) is 6.71. The molecule has 1 fully saturated rings. The summed E-state index contributed by atoms with van der Waals surface area (Å²) in [5.41, 5.74) is 2.39. The van der Waals surface area contributed by atoms with E-state index in [0.717, 1.165) is 45.9 Å². The summed E-state index contributed by atoms with van der Waals surface area (Å²) in [6, 6.07) is 19.3. The number of benzene rings is 3. The zero-order chi connectivity index (χ0) is 25.8. The molecule has 1 aliphatic rings. The van der Waals surface area contributed by atoms with Crippen LogP contribution in [0.15, 0.2) is 66.7 Å². The van der Waals surface area contributed by atoms with Gasteiger partial charge in [0.2, 0.25) is 0 Å². The summed E-state index contributed by atoms with van der Waals surface area (Å²) >= 11 is 1.44. The maximum atomic E-state index is 13.8. The average molecular weight is 516 g/mol. The molecule has 6 nitrogen and oxygen atoms in total. The van der Waals surface area contributed by atoms with Gasteiger partial charge in [0.05, 0.1) is 12.7 Å². The number of nitrogens with zero attached hydrogens (tertiary/aromatic N) is 1. The van der Waals surface area contributed by atoms with Gasteiger partial charge in [-0.25, -0.2) is 4.79 Å². The lowest BCUT2D eigenvalue weighted by Crippen LogP contribution is -2.33. The molecule has 190 valence electrons. The third kappa shape index (κ3) is 5.53.